The highest BCUT2D eigenvalue weighted by atomic mass is 16.2. The first-order valence-corrected chi connectivity index (χ1v) is 4.30. The molecule has 15 heavy (non-hydrogen) atoms. The zero-order valence-corrected chi connectivity index (χ0v) is 8.23. The average Bonchev–Trinajstić information content (AvgIpc) is 2.18. The van der Waals surface area contributed by atoms with E-state index in [1.807, 2.05) is 37.3 Å². The van der Waals surface area contributed by atoms with Gasteiger partial charge in [0.25, 0.3) is 0 Å². The summed E-state index contributed by atoms with van der Waals surface area (Å²) in [6, 6.07) is 9.78. The number of carbonyl (C=O) groups excluding carboxylic acids is 2. The van der Waals surface area contributed by atoms with E-state index in [2.05, 4.69) is 4.98 Å². The number of nitrogens with two attached hydrogens (primary N) is 1. The smallest absolute Gasteiger partial charge is 0.373 e. The zero-order chi connectivity index (χ0) is 11.3. The van der Waals surface area contributed by atoms with Crippen molar-refractivity contribution in [1.29, 1.82) is 0 Å². The number of hydrogen-bond acceptors (Lipinski definition) is 4. The number of nitrogen functional groups attached to an aromatic ring is 1. The molecule has 0 radical (unpaired) electrons. The summed E-state index contributed by atoms with van der Waals surface area (Å²) in [7, 11) is 0. The van der Waals surface area contributed by atoms with Crippen molar-refractivity contribution in [2.45, 2.75) is 6.92 Å². The summed E-state index contributed by atoms with van der Waals surface area (Å²) in [4.78, 5) is 20.6. The second-order valence-corrected chi connectivity index (χ2v) is 2.95. The van der Waals surface area contributed by atoms with Gasteiger partial charge in [0.05, 0.1) is 5.52 Å². The van der Waals surface area contributed by atoms with Crippen LogP contribution in [0.2, 0.25) is 0 Å². The van der Waals surface area contributed by atoms with Crippen LogP contribution in [-0.4, -0.2) is 11.1 Å². The average molecular weight is 202 g/mol. The van der Waals surface area contributed by atoms with Crippen molar-refractivity contribution in [3.05, 3.63) is 36.0 Å². The predicted octanol–water partition coefficient (Wildman–Crippen LogP) is 1.54. The summed E-state index contributed by atoms with van der Waals surface area (Å²) in [6.45, 7) is 1.95. The molecule has 0 unspecified atom stereocenters. The number of benzene rings is 1. The molecule has 0 bridgehead atoms. The Morgan fingerprint density at radius 1 is 1.27 bits per heavy atom. The molecule has 0 saturated carbocycles. The molecule has 2 N–H and O–H groups in total. The third-order valence-corrected chi connectivity index (χ3v) is 1.88. The van der Waals surface area contributed by atoms with E-state index in [0.717, 1.165) is 22.3 Å². The number of nitrogens with zero attached hydrogens (tertiary/aromatic N) is 1. The standard InChI is InChI=1S/C10H10N2.CO2/c1-7-6-9(11)8-4-2-3-5-10(8)12-7;2-1-3/h2-6H,1H3,(H2,11,12);. The van der Waals surface area contributed by atoms with Gasteiger partial charge in [-0.1, -0.05) is 18.2 Å². The molecule has 4 heteroatoms. The van der Waals surface area contributed by atoms with Crippen LogP contribution in [0.15, 0.2) is 30.3 Å². The lowest BCUT2D eigenvalue weighted by Crippen LogP contribution is -1.91. The van der Waals surface area contributed by atoms with Crippen LogP contribution in [0, 0.1) is 6.92 Å². The molecule has 0 spiro atoms. The van der Waals surface area contributed by atoms with Crippen LogP contribution in [0.3, 0.4) is 0 Å². The molecule has 0 amide bonds. The third-order valence-electron chi connectivity index (χ3n) is 1.88. The van der Waals surface area contributed by atoms with E-state index in [1.165, 1.54) is 0 Å². The fourth-order valence-corrected chi connectivity index (χ4v) is 1.34. The normalized spacial score (nSPS) is 8.87. The maximum Gasteiger partial charge on any atom is 0.373 e. The highest BCUT2D eigenvalue weighted by Crippen LogP contribution is 2.19. The Labute approximate surface area is 86.7 Å². The lowest BCUT2D eigenvalue weighted by atomic mass is 10.2. The number of aryl methyl sites for hydroxylation is 1. The zero-order valence-electron chi connectivity index (χ0n) is 8.23. The molecule has 0 fully saturated rings. The Bertz CT molecular complexity index is 503. The van der Waals surface area contributed by atoms with Crippen molar-refractivity contribution < 1.29 is 9.59 Å². The molecular weight excluding hydrogens is 192 g/mol. The monoisotopic (exact) mass is 202 g/mol. The number of aromatic nitrogens is 1. The van der Waals surface area contributed by atoms with Crippen LogP contribution in [0.25, 0.3) is 10.9 Å². The molecule has 0 aliphatic rings. The molecule has 0 saturated heterocycles. The van der Waals surface area contributed by atoms with Gasteiger partial charge in [0.1, 0.15) is 0 Å². The number of rotatable bonds is 0. The maximum atomic E-state index is 8.12. The van der Waals surface area contributed by atoms with E-state index in [-0.39, 0.29) is 6.15 Å². The minimum Gasteiger partial charge on any atom is -0.398 e. The molecule has 4 nitrogen and oxygen atoms in total. The van der Waals surface area contributed by atoms with E-state index in [4.69, 9.17) is 15.3 Å². The van der Waals surface area contributed by atoms with Crippen molar-refractivity contribution >= 4 is 22.7 Å². The number of pyridine rings is 1. The summed E-state index contributed by atoms with van der Waals surface area (Å²) < 4.78 is 0. The first kappa shape index (κ1) is 10.9. The molecule has 76 valence electrons. The Hall–Kier alpha value is -2.19. The molecule has 0 aliphatic heterocycles. The van der Waals surface area contributed by atoms with Gasteiger partial charge in [-0.3, -0.25) is 4.98 Å². The van der Waals surface area contributed by atoms with Crippen LogP contribution in [0.4, 0.5) is 5.69 Å². The van der Waals surface area contributed by atoms with Crippen molar-refractivity contribution in [3.63, 3.8) is 0 Å². The Morgan fingerprint density at radius 2 is 1.87 bits per heavy atom. The first-order valence-electron chi connectivity index (χ1n) is 4.30. The van der Waals surface area contributed by atoms with Crippen LogP contribution >= 0.6 is 0 Å². The van der Waals surface area contributed by atoms with Crippen LogP contribution in [-0.2, 0) is 9.59 Å². The van der Waals surface area contributed by atoms with E-state index in [9.17, 15) is 0 Å². The largest absolute Gasteiger partial charge is 0.398 e. The van der Waals surface area contributed by atoms with E-state index in [0.29, 0.717) is 0 Å². The van der Waals surface area contributed by atoms with Gasteiger partial charge in [-0.2, -0.15) is 9.59 Å². The summed E-state index contributed by atoms with van der Waals surface area (Å²) in [6.07, 6.45) is 0.250. The SMILES string of the molecule is Cc1cc(N)c2ccccc2n1.O=C=O. The molecule has 2 aromatic rings. The summed E-state index contributed by atoms with van der Waals surface area (Å²) in [5, 5.41) is 1.03. The molecule has 1 aromatic carbocycles. The number of para-hydroxylation sites is 1. The van der Waals surface area contributed by atoms with Gasteiger partial charge in [0.15, 0.2) is 0 Å². The highest BCUT2D eigenvalue weighted by Gasteiger charge is 1.97. The molecular formula is C11H10N2O2. The van der Waals surface area contributed by atoms with Gasteiger partial charge in [0.2, 0.25) is 0 Å². The fourth-order valence-electron chi connectivity index (χ4n) is 1.34. The van der Waals surface area contributed by atoms with Crippen molar-refractivity contribution in [2.24, 2.45) is 0 Å². The Balaban J connectivity index is 0.000000337. The molecule has 0 atom stereocenters. The Morgan fingerprint density at radius 3 is 2.53 bits per heavy atom. The topological polar surface area (TPSA) is 73.0 Å². The summed E-state index contributed by atoms with van der Waals surface area (Å²) >= 11 is 0. The highest BCUT2D eigenvalue weighted by molar-refractivity contribution is 5.89. The molecule has 1 heterocycles. The minimum atomic E-state index is 0.250. The van der Waals surface area contributed by atoms with Gasteiger partial charge in [-0.05, 0) is 19.1 Å². The lowest BCUT2D eigenvalue weighted by molar-refractivity contribution is -0.191. The summed E-state index contributed by atoms with van der Waals surface area (Å²) in [5.41, 5.74) is 8.55. The van der Waals surface area contributed by atoms with E-state index >= 15 is 0 Å². The number of anilines is 1. The van der Waals surface area contributed by atoms with Crippen molar-refractivity contribution in [1.82, 2.24) is 4.98 Å². The lowest BCUT2D eigenvalue weighted by Gasteiger charge is -2.01. The van der Waals surface area contributed by atoms with Gasteiger partial charge in [-0.15, -0.1) is 0 Å². The van der Waals surface area contributed by atoms with Gasteiger partial charge >= 0.3 is 6.15 Å². The van der Waals surface area contributed by atoms with E-state index < -0.39 is 0 Å². The van der Waals surface area contributed by atoms with Crippen LogP contribution < -0.4 is 5.73 Å². The first-order chi connectivity index (χ1) is 7.19. The van der Waals surface area contributed by atoms with Crippen LogP contribution in [0.1, 0.15) is 5.69 Å². The minimum absolute atomic E-state index is 0.250. The van der Waals surface area contributed by atoms with Crippen LogP contribution in [0.5, 0.6) is 0 Å². The summed E-state index contributed by atoms with van der Waals surface area (Å²) in [5.74, 6) is 0. The fraction of sp³-hybridized carbons (Fsp3) is 0.0909. The number of hydrogen-bond donors (Lipinski definition) is 1. The molecule has 2 rings (SSSR count). The van der Waals surface area contributed by atoms with Gasteiger partial charge < -0.3 is 5.73 Å². The third kappa shape index (κ3) is 2.62. The predicted molar refractivity (Wildman–Crippen MR) is 55.9 cm³/mol. The van der Waals surface area contributed by atoms with E-state index in [1.54, 1.807) is 0 Å². The second-order valence-electron chi connectivity index (χ2n) is 2.95. The van der Waals surface area contributed by atoms with Crippen molar-refractivity contribution in [3.8, 4) is 0 Å². The van der Waals surface area contributed by atoms with Gasteiger partial charge in [-0.25, -0.2) is 0 Å². The molecule has 0 aliphatic carbocycles. The second kappa shape index (κ2) is 4.88. The maximum absolute atomic E-state index is 8.12. The molecule has 1 aromatic heterocycles. The number of fused-ring (bicyclic) bond motifs is 1. The van der Waals surface area contributed by atoms with Gasteiger partial charge in [0, 0.05) is 16.8 Å². The van der Waals surface area contributed by atoms with Crippen molar-refractivity contribution in [2.75, 3.05) is 5.73 Å². The quantitative estimate of drug-likeness (QED) is 0.703. The Kier molecular flexibility index (Phi) is 3.55.